The molecule has 0 aliphatic rings. The number of alkyl carbamates (subject to hydrolysis) is 1. The standard InChI is InChI=1S/C34H45N3O5/c1-8-10-20-37(32(40)28(22(3)9-2)36-33(41)42-34(5,6)7)29(27-17-13-14-23(4)30(27)38)31(39)35-26-19-18-24-15-11-12-16-25(24)21-26/h11-19,21-22,28-29,38H,8-10,20H2,1-7H3,(H,35,39)(H,36,41). The molecule has 226 valence electrons. The molecule has 0 aromatic heterocycles. The van der Waals surface area contributed by atoms with Crippen LogP contribution in [0.25, 0.3) is 10.8 Å². The Labute approximate surface area is 249 Å². The maximum absolute atomic E-state index is 14.4. The molecule has 3 atom stereocenters. The second-order valence-corrected chi connectivity index (χ2v) is 11.9. The second kappa shape index (κ2) is 14.2. The molecule has 0 fully saturated rings. The number of aromatic hydroxyl groups is 1. The summed E-state index contributed by atoms with van der Waals surface area (Å²) in [7, 11) is 0. The van der Waals surface area contributed by atoms with Gasteiger partial charge in [0.05, 0.1) is 0 Å². The van der Waals surface area contributed by atoms with Crippen molar-refractivity contribution in [3.05, 3.63) is 71.8 Å². The number of nitrogens with one attached hydrogen (secondary N) is 2. The molecule has 0 saturated carbocycles. The fraction of sp³-hybridized carbons (Fsp3) is 0.441. The van der Waals surface area contributed by atoms with E-state index in [-0.39, 0.29) is 18.2 Å². The van der Waals surface area contributed by atoms with Gasteiger partial charge in [-0.15, -0.1) is 0 Å². The SMILES string of the molecule is CCCCN(C(=O)C(NC(=O)OC(C)(C)C)C(C)CC)C(C(=O)Nc1ccc2ccccc2c1)c1cccc(C)c1O. The molecule has 0 bridgehead atoms. The topological polar surface area (TPSA) is 108 Å². The molecule has 0 saturated heterocycles. The molecule has 3 rings (SSSR count). The fourth-order valence-electron chi connectivity index (χ4n) is 4.82. The summed E-state index contributed by atoms with van der Waals surface area (Å²) in [6.45, 7) is 13.1. The van der Waals surface area contributed by atoms with Gasteiger partial charge in [-0.25, -0.2) is 4.79 Å². The van der Waals surface area contributed by atoms with Crippen LogP contribution in [-0.4, -0.2) is 46.1 Å². The van der Waals surface area contributed by atoms with Gasteiger partial charge in [-0.2, -0.15) is 0 Å². The van der Waals surface area contributed by atoms with E-state index >= 15 is 0 Å². The van der Waals surface area contributed by atoms with Crippen molar-refractivity contribution < 1.29 is 24.2 Å². The number of carbonyl (C=O) groups excluding carboxylic acids is 3. The third kappa shape index (κ3) is 8.24. The number of phenols is 1. The van der Waals surface area contributed by atoms with E-state index in [9.17, 15) is 19.5 Å². The van der Waals surface area contributed by atoms with Gasteiger partial charge in [-0.05, 0) is 68.5 Å². The van der Waals surface area contributed by atoms with Crippen molar-refractivity contribution in [3.8, 4) is 5.75 Å². The number of ether oxygens (including phenoxy) is 1. The summed E-state index contributed by atoms with van der Waals surface area (Å²) in [6.07, 6.45) is 1.30. The summed E-state index contributed by atoms with van der Waals surface area (Å²) in [6, 6.07) is 16.5. The Morgan fingerprint density at radius 2 is 1.67 bits per heavy atom. The summed E-state index contributed by atoms with van der Waals surface area (Å²) in [4.78, 5) is 42.9. The predicted octanol–water partition coefficient (Wildman–Crippen LogP) is 7.10. The zero-order valence-corrected chi connectivity index (χ0v) is 25.9. The number of aryl methyl sites for hydroxylation is 1. The molecule has 0 spiro atoms. The van der Waals surface area contributed by atoms with Gasteiger partial charge in [-0.3, -0.25) is 9.59 Å². The molecule has 3 aromatic carbocycles. The number of hydrogen-bond acceptors (Lipinski definition) is 5. The molecule has 0 aliphatic heterocycles. The van der Waals surface area contributed by atoms with Crippen LogP contribution in [0.1, 0.15) is 78.0 Å². The van der Waals surface area contributed by atoms with E-state index in [1.807, 2.05) is 63.2 Å². The Hall–Kier alpha value is -4.07. The molecule has 8 heteroatoms. The lowest BCUT2D eigenvalue weighted by atomic mass is 9.94. The predicted molar refractivity (Wildman–Crippen MR) is 167 cm³/mol. The number of benzene rings is 3. The molecule has 3 unspecified atom stereocenters. The van der Waals surface area contributed by atoms with Crippen LogP contribution in [0, 0.1) is 12.8 Å². The first kappa shape index (κ1) is 32.4. The van der Waals surface area contributed by atoms with E-state index in [0.717, 1.165) is 17.2 Å². The first-order valence-electron chi connectivity index (χ1n) is 14.7. The second-order valence-electron chi connectivity index (χ2n) is 11.9. The fourth-order valence-corrected chi connectivity index (χ4v) is 4.82. The van der Waals surface area contributed by atoms with Gasteiger partial charge in [0.2, 0.25) is 5.91 Å². The van der Waals surface area contributed by atoms with E-state index < -0.39 is 35.6 Å². The quantitative estimate of drug-likeness (QED) is 0.226. The zero-order chi connectivity index (χ0) is 31.0. The lowest BCUT2D eigenvalue weighted by Crippen LogP contribution is -2.55. The highest BCUT2D eigenvalue weighted by atomic mass is 16.6. The van der Waals surface area contributed by atoms with Crippen molar-refractivity contribution in [1.29, 1.82) is 0 Å². The maximum Gasteiger partial charge on any atom is 0.408 e. The van der Waals surface area contributed by atoms with Crippen molar-refractivity contribution in [2.24, 2.45) is 5.92 Å². The van der Waals surface area contributed by atoms with Crippen LogP contribution in [-0.2, 0) is 14.3 Å². The first-order valence-corrected chi connectivity index (χ1v) is 14.7. The molecular formula is C34H45N3O5. The Morgan fingerprint density at radius 3 is 2.31 bits per heavy atom. The number of unbranched alkanes of at least 4 members (excludes halogenated alkanes) is 1. The molecule has 0 heterocycles. The van der Waals surface area contributed by atoms with Gasteiger partial charge >= 0.3 is 6.09 Å². The minimum Gasteiger partial charge on any atom is -0.507 e. The molecule has 0 radical (unpaired) electrons. The van der Waals surface area contributed by atoms with Crippen molar-refractivity contribution in [1.82, 2.24) is 10.2 Å². The van der Waals surface area contributed by atoms with E-state index in [2.05, 4.69) is 10.6 Å². The van der Waals surface area contributed by atoms with E-state index in [4.69, 9.17) is 4.74 Å². The normalized spacial score (nSPS) is 13.6. The molecule has 3 amide bonds. The van der Waals surface area contributed by atoms with Gasteiger partial charge in [0.25, 0.3) is 5.91 Å². The summed E-state index contributed by atoms with van der Waals surface area (Å²) in [5.74, 6) is -1.17. The van der Waals surface area contributed by atoms with Crippen LogP contribution in [0.2, 0.25) is 0 Å². The highest BCUT2D eigenvalue weighted by Gasteiger charge is 2.39. The molecule has 3 aromatic rings. The van der Waals surface area contributed by atoms with E-state index in [1.165, 1.54) is 4.90 Å². The van der Waals surface area contributed by atoms with Gasteiger partial charge < -0.3 is 25.4 Å². The Balaban J connectivity index is 2.08. The number of para-hydroxylation sites is 1. The zero-order valence-electron chi connectivity index (χ0n) is 25.9. The summed E-state index contributed by atoms with van der Waals surface area (Å²) >= 11 is 0. The maximum atomic E-state index is 14.4. The summed E-state index contributed by atoms with van der Waals surface area (Å²) in [5, 5.41) is 18.9. The largest absolute Gasteiger partial charge is 0.507 e. The number of amides is 3. The highest BCUT2D eigenvalue weighted by Crippen LogP contribution is 2.34. The van der Waals surface area contributed by atoms with E-state index in [1.54, 1.807) is 45.9 Å². The number of hydrogen-bond donors (Lipinski definition) is 3. The number of phenolic OH excluding ortho intramolecular Hbond substituents is 1. The summed E-state index contributed by atoms with van der Waals surface area (Å²) < 4.78 is 5.48. The summed E-state index contributed by atoms with van der Waals surface area (Å²) in [5.41, 5.74) is 0.733. The van der Waals surface area contributed by atoms with E-state index in [0.29, 0.717) is 29.7 Å². The van der Waals surface area contributed by atoms with Crippen molar-refractivity contribution >= 4 is 34.4 Å². The number of carbonyl (C=O) groups is 3. The third-order valence-electron chi connectivity index (χ3n) is 7.33. The third-order valence-corrected chi connectivity index (χ3v) is 7.33. The minimum atomic E-state index is -1.15. The van der Waals surface area contributed by atoms with Crippen LogP contribution in [0.4, 0.5) is 10.5 Å². The van der Waals surface area contributed by atoms with Crippen LogP contribution >= 0.6 is 0 Å². The van der Waals surface area contributed by atoms with Crippen LogP contribution in [0.5, 0.6) is 5.75 Å². The highest BCUT2D eigenvalue weighted by molar-refractivity contribution is 6.00. The van der Waals surface area contributed by atoms with Crippen LogP contribution in [0.3, 0.4) is 0 Å². The van der Waals surface area contributed by atoms with Gasteiger partial charge in [0.15, 0.2) is 0 Å². The lowest BCUT2D eigenvalue weighted by molar-refractivity contribution is -0.142. The van der Waals surface area contributed by atoms with Crippen LogP contribution < -0.4 is 10.6 Å². The van der Waals surface area contributed by atoms with Gasteiger partial charge in [0.1, 0.15) is 23.4 Å². The van der Waals surface area contributed by atoms with Crippen molar-refractivity contribution in [2.45, 2.75) is 85.4 Å². The van der Waals surface area contributed by atoms with Crippen molar-refractivity contribution in [2.75, 3.05) is 11.9 Å². The molecule has 8 nitrogen and oxygen atoms in total. The number of nitrogens with zero attached hydrogens (tertiary/aromatic N) is 1. The average Bonchev–Trinajstić information content (AvgIpc) is 2.94. The number of fused-ring (bicyclic) bond motifs is 1. The first-order chi connectivity index (χ1) is 19.9. The smallest absolute Gasteiger partial charge is 0.408 e. The Bertz CT molecular complexity index is 1400. The Kier molecular flexibility index (Phi) is 11.0. The average molecular weight is 576 g/mol. The molecule has 0 aliphatic carbocycles. The molecule has 42 heavy (non-hydrogen) atoms. The molecular weight excluding hydrogens is 530 g/mol. The van der Waals surface area contributed by atoms with Crippen molar-refractivity contribution in [3.63, 3.8) is 0 Å². The molecule has 3 N–H and O–H groups in total. The number of rotatable bonds is 11. The van der Waals surface area contributed by atoms with Gasteiger partial charge in [-0.1, -0.05) is 82.1 Å². The monoisotopic (exact) mass is 575 g/mol. The van der Waals surface area contributed by atoms with Gasteiger partial charge in [0, 0.05) is 17.8 Å². The number of anilines is 1. The Morgan fingerprint density at radius 1 is 0.976 bits per heavy atom. The minimum absolute atomic E-state index is 0.0503. The van der Waals surface area contributed by atoms with Crippen LogP contribution in [0.15, 0.2) is 60.7 Å². The lowest BCUT2D eigenvalue weighted by Gasteiger charge is -2.36.